The number of benzene rings is 1. The van der Waals surface area contributed by atoms with Gasteiger partial charge in [-0.2, -0.15) is 5.26 Å². The Morgan fingerprint density at radius 2 is 1.84 bits per heavy atom. The van der Waals surface area contributed by atoms with E-state index in [1.54, 1.807) is 24.7 Å². The Bertz CT molecular complexity index is 1300. The number of anilines is 3. The SMILES string of the molecule is N#Cc1cc(Cl)c(-c2nc3c(Nc4cc(N5CCCC5)ncn4)nccc3[nH]2)c(Cl)c1. The van der Waals surface area contributed by atoms with Gasteiger partial charge in [-0.3, -0.25) is 0 Å². The zero-order chi connectivity index (χ0) is 21.4. The molecule has 5 rings (SSSR count). The Morgan fingerprint density at radius 1 is 1.06 bits per heavy atom. The number of aromatic amines is 1. The molecule has 0 atom stereocenters. The van der Waals surface area contributed by atoms with Gasteiger partial charge in [0.25, 0.3) is 0 Å². The second-order valence-electron chi connectivity index (χ2n) is 7.15. The number of nitrogens with one attached hydrogen (secondary N) is 2. The highest BCUT2D eigenvalue weighted by atomic mass is 35.5. The van der Waals surface area contributed by atoms with Gasteiger partial charge in [0, 0.05) is 25.4 Å². The van der Waals surface area contributed by atoms with Crippen LogP contribution in [0.1, 0.15) is 18.4 Å². The molecule has 2 N–H and O–H groups in total. The van der Waals surface area contributed by atoms with E-state index < -0.39 is 0 Å². The van der Waals surface area contributed by atoms with E-state index in [0.717, 1.165) is 24.4 Å². The molecule has 3 aromatic heterocycles. The van der Waals surface area contributed by atoms with Crippen molar-refractivity contribution in [1.82, 2.24) is 24.9 Å². The Balaban J connectivity index is 1.52. The van der Waals surface area contributed by atoms with Crippen LogP contribution in [0, 0.1) is 11.3 Å². The lowest BCUT2D eigenvalue weighted by Crippen LogP contribution is -2.19. The first-order valence-corrected chi connectivity index (χ1v) is 10.5. The molecular formula is C21H16Cl2N8. The van der Waals surface area contributed by atoms with Crippen LogP contribution in [0.5, 0.6) is 0 Å². The average molecular weight is 451 g/mol. The van der Waals surface area contributed by atoms with Crippen molar-refractivity contribution in [2.24, 2.45) is 0 Å². The molecule has 0 unspecified atom stereocenters. The molecule has 0 aliphatic carbocycles. The fraction of sp³-hybridized carbons (Fsp3) is 0.190. The highest BCUT2D eigenvalue weighted by Crippen LogP contribution is 2.36. The van der Waals surface area contributed by atoms with E-state index in [1.165, 1.54) is 12.8 Å². The molecule has 0 bridgehead atoms. The van der Waals surface area contributed by atoms with Crippen LogP contribution >= 0.6 is 23.2 Å². The number of rotatable bonds is 4. The van der Waals surface area contributed by atoms with Crippen molar-refractivity contribution in [3.05, 3.63) is 52.4 Å². The van der Waals surface area contributed by atoms with Gasteiger partial charge >= 0.3 is 0 Å². The number of imidazole rings is 1. The predicted molar refractivity (Wildman–Crippen MR) is 121 cm³/mol. The van der Waals surface area contributed by atoms with Crippen LogP contribution in [0.15, 0.2) is 36.8 Å². The lowest BCUT2D eigenvalue weighted by Gasteiger charge is -2.16. The fourth-order valence-electron chi connectivity index (χ4n) is 3.66. The maximum absolute atomic E-state index is 9.11. The van der Waals surface area contributed by atoms with Crippen LogP contribution in [0.2, 0.25) is 10.0 Å². The molecule has 154 valence electrons. The third-order valence-corrected chi connectivity index (χ3v) is 5.73. The van der Waals surface area contributed by atoms with Gasteiger partial charge in [-0.15, -0.1) is 0 Å². The van der Waals surface area contributed by atoms with Crippen LogP contribution in [-0.2, 0) is 0 Å². The third kappa shape index (κ3) is 3.74. The summed E-state index contributed by atoms with van der Waals surface area (Å²) in [5, 5.41) is 13.0. The highest BCUT2D eigenvalue weighted by Gasteiger charge is 2.18. The molecule has 1 aliphatic heterocycles. The number of hydrogen-bond acceptors (Lipinski definition) is 7. The molecule has 31 heavy (non-hydrogen) atoms. The fourth-order valence-corrected chi connectivity index (χ4v) is 4.33. The van der Waals surface area contributed by atoms with Crippen molar-refractivity contribution < 1.29 is 0 Å². The van der Waals surface area contributed by atoms with Crippen LogP contribution in [0.25, 0.3) is 22.4 Å². The van der Waals surface area contributed by atoms with Gasteiger partial charge in [-0.05, 0) is 31.0 Å². The normalized spacial score (nSPS) is 13.5. The number of nitrogens with zero attached hydrogens (tertiary/aromatic N) is 6. The lowest BCUT2D eigenvalue weighted by molar-refractivity contribution is 0.928. The Morgan fingerprint density at radius 3 is 2.58 bits per heavy atom. The molecule has 1 aromatic carbocycles. The number of fused-ring (bicyclic) bond motifs is 1. The van der Waals surface area contributed by atoms with Crippen molar-refractivity contribution in [2.45, 2.75) is 12.8 Å². The van der Waals surface area contributed by atoms with Gasteiger partial charge in [0.15, 0.2) is 5.82 Å². The second-order valence-corrected chi connectivity index (χ2v) is 7.96. The summed E-state index contributed by atoms with van der Waals surface area (Å²) in [5.74, 6) is 2.56. The summed E-state index contributed by atoms with van der Waals surface area (Å²) in [5.41, 5.74) is 2.30. The molecule has 4 heterocycles. The number of hydrogen-bond donors (Lipinski definition) is 2. The monoisotopic (exact) mass is 450 g/mol. The summed E-state index contributed by atoms with van der Waals surface area (Å²) in [6, 6.07) is 8.90. The zero-order valence-corrected chi connectivity index (χ0v) is 17.7. The van der Waals surface area contributed by atoms with Gasteiger partial charge in [0.2, 0.25) is 0 Å². The minimum absolute atomic E-state index is 0.344. The molecule has 1 aliphatic rings. The van der Waals surface area contributed by atoms with E-state index in [4.69, 9.17) is 28.5 Å². The third-order valence-electron chi connectivity index (χ3n) is 5.14. The van der Waals surface area contributed by atoms with E-state index in [9.17, 15) is 0 Å². The molecule has 1 fully saturated rings. The molecular weight excluding hydrogens is 435 g/mol. The summed E-state index contributed by atoms with van der Waals surface area (Å²) in [6.45, 7) is 2.00. The van der Waals surface area contributed by atoms with Gasteiger partial charge in [0.1, 0.15) is 29.3 Å². The summed E-state index contributed by atoms with van der Waals surface area (Å²) >= 11 is 12.8. The van der Waals surface area contributed by atoms with Gasteiger partial charge < -0.3 is 15.2 Å². The zero-order valence-electron chi connectivity index (χ0n) is 16.2. The first kappa shape index (κ1) is 19.5. The van der Waals surface area contributed by atoms with Gasteiger partial charge in [-0.25, -0.2) is 19.9 Å². The molecule has 10 heteroatoms. The summed E-state index contributed by atoms with van der Waals surface area (Å²) in [4.78, 5) is 23.3. The number of H-pyrrole nitrogens is 1. The molecule has 0 saturated carbocycles. The smallest absolute Gasteiger partial charge is 0.159 e. The van der Waals surface area contributed by atoms with E-state index in [0.29, 0.717) is 44.1 Å². The van der Waals surface area contributed by atoms with Crippen LogP contribution < -0.4 is 10.2 Å². The summed E-state index contributed by atoms with van der Waals surface area (Å²) in [6.07, 6.45) is 5.56. The summed E-state index contributed by atoms with van der Waals surface area (Å²) < 4.78 is 0. The quantitative estimate of drug-likeness (QED) is 0.453. The Labute approximate surface area is 187 Å². The molecule has 0 amide bonds. The maximum atomic E-state index is 9.11. The topological polar surface area (TPSA) is 106 Å². The van der Waals surface area contributed by atoms with E-state index in [1.807, 2.05) is 18.2 Å². The Hall–Kier alpha value is -3.41. The largest absolute Gasteiger partial charge is 0.356 e. The molecule has 0 spiro atoms. The first-order chi connectivity index (χ1) is 15.1. The highest BCUT2D eigenvalue weighted by molar-refractivity contribution is 6.39. The van der Waals surface area contributed by atoms with E-state index >= 15 is 0 Å². The van der Waals surface area contributed by atoms with Crippen molar-refractivity contribution in [1.29, 1.82) is 5.26 Å². The van der Waals surface area contributed by atoms with Crippen molar-refractivity contribution in [2.75, 3.05) is 23.3 Å². The minimum Gasteiger partial charge on any atom is -0.356 e. The number of aromatic nitrogens is 5. The predicted octanol–water partition coefficient (Wildman–Crippen LogP) is 4.94. The number of nitriles is 1. The number of halogens is 2. The first-order valence-electron chi connectivity index (χ1n) is 9.70. The molecule has 8 nitrogen and oxygen atoms in total. The van der Waals surface area contributed by atoms with Crippen molar-refractivity contribution >= 4 is 51.7 Å². The van der Waals surface area contributed by atoms with Crippen molar-refractivity contribution in [3.8, 4) is 17.5 Å². The molecule has 0 radical (unpaired) electrons. The van der Waals surface area contributed by atoms with Crippen molar-refractivity contribution in [3.63, 3.8) is 0 Å². The summed E-state index contributed by atoms with van der Waals surface area (Å²) in [7, 11) is 0. The van der Waals surface area contributed by atoms with Gasteiger partial charge in [-0.1, -0.05) is 23.2 Å². The standard InChI is InChI=1S/C21H16Cl2N8/c22-13-7-12(10-24)8-14(23)18(13)20-28-15-3-4-25-21(19(15)30-20)29-16-9-17(27-11-26-16)31-5-1-2-6-31/h3-4,7-9,11H,1-2,5-6H2,(H,28,30)(H,25,26,27,29). The minimum atomic E-state index is 0.344. The van der Waals surface area contributed by atoms with Crippen LogP contribution in [0.3, 0.4) is 0 Å². The lowest BCUT2D eigenvalue weighted by atomic mass is 10.1. The van der Waals surface area contributed by atoms with Crippen LogP contribution in [-0.4, -0.2) is 38.0 Å². The molecule has 1 saturated heterocycles. The average Bonchev–Trinajstić information content (AvgIpc) is 3.44. The maximum Gasteiger partial charge on any atom is 0.159 e. The van der Waals surface area contributed by atoms with E-state index in [2.05, 4.69) is 35.1 Å². The number of pyridine rings is 1. The van der Waals surface area contributed by atoms with E-state index in [-0.39, 0.29) is 0 Å². The Kier molecular flexibility index (Phi) is 5.06. The second kappa shape index (κ2) is 8.02. The molecule has 4 aromatic rings. The van der Waals surface area contributed by atoms with Gasteiger partial charge in [0.05, 0.1) is 32.8 Å². The van der Waals surface area contributed by atoms with Crippen LogP contribution in [0.4, 0.5) is 17.5 Å².